The number of rotatable bonds is 8. The SMILES string of the molecule is C=C1C[C@@H]2O[C@H]3[C@H]4[C@@H](C[C@@H](C)[C@@H](OC(C)=O)[C@H]42)[C@@H](C)CO[C@@]3(C)[C@H](OC(=O)CCCCCCC)CC1=O. The fraction of sp³-hybridized carbons (Fsp3) is 0.833. The van der Waals surface area contributed by atoms with Crippen molar-refractivity contribution >= 4 is 17.7 Å². The van der Waals surface area contributed by atoms with Crippen molar-refractivity contribution in [3.63, 3.8) is 0 Å². The van der Waals surface area contributed by atoms with Gasteiger partial charge >= 0.3 is 11.9 Å². The number of esters is 2. The molecule has 0 radical (unpaired) electrons. The number of hydrogen-bond acceptors (Lipinski definition) is 7. The lowest BCUT2D eigenvalue weighted by atomic mass is 9.59. The topological polar surface area (TPSA) is 88.1 Å². The second kappa shape index (κ2) is 11.6. The molecule has 7 heteroatoms. The summed E-state index contributed by atoms with van der Waals surface area (Å²) >= 11 is 0. The molecule has 4 rings (SSSR count). The number of carbonyl (C=O) groups excluding carboxylic acids is 3. The van der Waals surface area contributed by atoms with Crippen molar-refractivity contribution in [2.45, 2.75) is 122 Å². The van der Waals surface area contributed by atoms with Gasteiger partial charge in [-0.3, -0.25) is 14.4 Å². The van der Waals surface area contributed by atoms with Gasteiger partial charge in [0.15, 0.2) is 5.78 Å². The Balaban J connectivity index is 1.66. The molecule has 10 atom stereocenters. The number of ketones is 1. The lowest BCUT2D eigenvalue weighted by Crippen LogP contribution is -2.57. The Morgan fingerprint density at radius 2 is 1.78 bits per heavy atom. The molecule has 37 heavy (non-hydrogen) atoms. The third-order valence-electron chi connectivity index (χ3n) is 9.49. The lowest BCUT2D eigenvalue weighted by molar-refractivity contribution is -0.203. The Hall–Kier alpha value is -1.73. The van der Waals surface area contributed by atoms with E-state index in [4.69, 9.17) is 18.9 Å². The van der Waals surface area contributed by atoms with Gasteiger partial charge in [0.1, 0.15) is 17.8 Å². The van der Waals surface area contributed by atoms with E-state index in [1.54, 1.807) is 0 Å². The smallest absolute Gasteiger partial charge is 0.306 e. The van der Waals surface area contributed by atoms with E-state index in [0.29, 0.717) is 30.9 Å². The van der Waals surface area contributed by atoms with E-state index in [1.165, 1.54) is 6.92 Å². The van der Waals surface area contributed by atoms with E-state index in [-0.39, 0.29) is 66.1 Å². The van der Waals surface area contributed by atoms with Crippen LogP contribution < -0.4 is 0 Å². The van der Waals surface area contributed by atoms with Gasteiger partial charge in [0.2, 0.25) is 0 Å². The van der Waals surface area contributed by atoms with Gasteiger partial charge < -0.3 is 18.9 Å². The van der Waals surface area contributed by atoms with Crippen molar-refractivity contribution in [2.24, 2.45) is 29.6 Å². The molecule has 1 saturated carbocycles. The predicted molar refractivity (Wildman–Crippen MR) is 139 cm³/mol. The fourth-order valence-corrected chi connectivity index (χ4v) is 7.47. The molecule has 0 amide bonds. The maximum absolute atomic E-state index is 13.3. The molecule has 7 nitrogen and oxygen atoms in total. The molecule has 3 heterocycles. The molecule has 0 aromatic heterocycles. The van der Waals surface area contributed by atoms with E-state index in [2.05, 4.69) is 27.4 Å². The van der Waals surface area contributed by atoms with Crippen LogP contribution in [0.5, 0.6) is 0 Å². The zero-order chi connectivity index (χ0) is 26.9. The molecular formula is C30H46O7. The van der Waals surface area contributed by atoms with Crippen LogP contribution in [-0.2, 0) is 33.3 Å². The van der Waals surface area contributed by atoms with E-state index < -0.39 is 11.7 Å². The molecule has 4 fully saturated rings. The molecular weight excluding hydrogens is 472 g/mol. The van der Waals surface area contributed by atoms with Crippen LogP contribution in [0.4, 0.5) is 0 Å². The first-order chi connectivity index (χ1) is 17.6. The molecule has 0 spiro atoms. The quantitative estimate of drug-likeness (QED) is 0.248. The minimum absolute atomic E-state index is 0.0453. The standard InChI is InChI=1S/C30H46O7/c1-7-8-9-10-11-12-25(33)37-24-15-22(32)17(2)14-23-27-26-21(13-18(3)28(27)35-20(5)31)19(4)16-34-30(24,6)29(26)36-23/h18-19,21,23-24,26-29H,2,7-16H2,1,3-6H3/t18-,19+,21+,23+,24-,26+,27+,28-,29+,30+/m1/s1. The van der Waals surface area contributed by atoms with Crippen LogP contribution in [0.25, 0.3) is 0 Å². The molecule has 0 aromatic rings. The van der Waals surface area contributed by atoms with Crippen LogP contribution in [0, 0.1) is 29.6 Å². The highest BCUT2D eigenvalue weighted by atomic mass is 16.6. The fourth-order valence-electron chi connectivity index (χ4n) is 7.47. The number of carbonyl (C=O) groups is 3. The largest absolute Gasteiger partial charge is 0.462 e. The zero-order valence-electron chi connectivity index (χ0n) is 23.3. The van der Waals surface area contributed by atoms with Crippen molar-refractivity contribution < 1.29 is 33.3 Å². The minimum atomic E-state index is -0.986. The third kappa shape index (κ3) is 5.68. The van der Waals surface area contributed by atoms with Gasteiger partial charge in [-0.05, 0) is 43.1 Å². The maximum Gasteiger partial charge on any atom is 0.306 e. The van der Waals surface area contributed by atoms with Crippen LogP contribution >= 0.6 is 0 Å². The van der Waals surface area contributed by atoms with Gasteiger partial charge in [-0.25, -0.2) is 0 Å². The van der Waals surface area contributed by atoms with E-state index in [9.17, 15) is 14.4 Å². The third-order valence-corrected chi connectivity index (χ3v) is 9.49. The molecule has 0 aromatic carbocycles. The summed E-state index contributed by atoms with van der Waals surface area (Å²) < 4.78 is 25.4. The summed E-state index contributed by atoms with van der Waals surface area (Å²) in [5.74, 6) is 0.0365. The van der Waals surface area contributed by atoms with Gasteiger partial charge in [-0.1, -0.05) is 53.0 Å². The Kier molecular flexibility index (Phi) is 8.84. The first-order valence-electron chi connectivity index (χ1n) is 14.4. The van der Waals surface area contributed by atoms with Crippen molar-refractivity contribution in [1.29, 1.82) is 0 Å². The van der Waals surface area contributed by atoms with Crippen molar-refractivity contribution in [3.8, 4) is 0 Å². The summed E-state index contributed by atoms with van der Waals surface area (Å²) in [6.45, 7) is 14.5. The maximum atomic E-state index is 13.3. The first-order valence-corrected chi connectivity index (χ1v) is 14.4. The molecule has 208 valence electrons. The number of ether oxygens (including phenoxy) is 4. The van der Waals surface area contributed by atoms with Gasteiger partial charge in [0, 0.05) is 31.6 Å². The average Bonchev–Trinajstić information content (AvgIpc) is 3.18. The van der Waals surface area contributed by atoms with Crippen LogP contribution in [0.3, 0.4) is 0 Å². The second-order valence-electron chi connectivity index (χ2n) is 12.3. The number of Topliss-reactive ketones (excluding diaryl/α,β-unsaturated/α-hetero) is 1. The summed E-state index contributed by atoms with van der Waals surface area (Å²) in [5.41, 5.74) is -0.516. The van der Waals surface area contributed by atoms with Gasteiger partial charge in [-0.15, -0.1) is 0 Å². The highest BCUT2D eigenvalue weighted by Crippen LogP contribution is 2.57. The Morgan fingerprint density at radius 3 is 2.49 bits per heavy atom. The van der Waals surface area contributed by atoms with Crippen LogP contribution in [0.1, 0.15) is 92.4 Å². The molecule has 3 saturated heterocycles. The molecule has 3 aliphatic heterocycles. The summed E-state index contributed by atoms with van der Waals surface area (Å²) in [7, 11) is 0. The van der Waals surface area contributed by atoms with Crippen LogP contribution in [0.15, 0.2) is 12.2 Å². The molecule has 0 N–H and O–H groups in total. The monoisotopic (exact) mass is 518 g/mol. The van der Waals surface area contributed by atoms with Crippen LogP contribution in [-0.4, -0.2) is 54.3 Å². The Labute approximate surface area is 222 Å². The predicted octanol–water partition coefficient (Wildman–Crippen LogP) is 5.19. The Bertz CT molecular complexity index is 883. The number of unbranched alkanes of at least 4 members (excludes halogenated alkanes) is 4. The summed E-state index contributed by atoms with van der Waals surface area (Å²) in [6.07, 6.45) is 5.12. The second-order valence-corrected chi connectivity index (χ2v) is 12.3. The zero-order valence-corrected chi connectivity index (χ0v) is 23.3. The lowest BCUT2D eigenvalue weighted by Gasteiger charge is -2.47. The number of fused-ring (bicyclic) bond motifs is 2. The highest BCUT2D eigenvalue weighted by Gasteiger charge is 2.65. The van der Waals surface area contributed by atoms with Gasteiger partial charge in [0.25, 0.3) is 0 Å². The van der Waals surface area contributed by atoms with Crippen molar-refractivity contribution in [2.75, 3.05) is 6.61 Å². The van der Waals surface area contributed by atoms with Crippen molar-refractivity contribution in [3.05, 3.63) is 12.2 Å². The van der Waals surface area contributed by atoms with Crippen molar-refractivity contribution in [1.82, 2.24) is 0 Å². The van der Waals surface area contributed by atoms with Crippen LogP contribution in [0.2, 0.25) is 0 Å². The first kappa shape index (κ1) is 28.3. The van der Waals surface area contributed by atoms with E-state index in [1.807, 2.05) is 6.92 Å². The van der Waals surface area contributed by atoms with Gasteiger partial charge in [0.05, 0.1) is 25.2 Å². The number of hydrogen-bond donors (Lipinski definition) is 0. The summed E-state index contributed by atoms with van der Waals surface area (Å²) in [4.78, 5) is 38.4. The van der Waals surface area contributed by atoms with Gasteiger partial charge in [-0.2, -0.15) is 0 Å². The van der Waals surface area contributed by atoms with E-state index in [0.717, 1.165) is 38.5 Å². The molecule has 2 bridgehead atoms. The molecule has 0 unspecified atom stereocenters. The normalized spacial score (nSPS) is 41.3. The Morgan fingerprint density at radius 1 is 1.05 bits per heavy atom. The average molecular weight is 519 g/mol. The highest BCUT2D eigenvalue weighted by molar-refractivity contribution is 5.95. The summed E-state index contributed by atoms with van der Waals surface area (Å²) in [6, 6.07) is 0. The summed E-state index contributed by atoms with van der Waals surface area (Å²) in [5, 5.41) is 0. The minimum Gasteiger partial charge on any atom is -0.462 e. The van der Waals surface area contributed by atoms with E-state index >= 15 is 0 Å². The molecule has 1 aliphatic carbocycles. The molecule has 4 aliphatic rings.